The molecule has 0 aliphatic carbocycles. The van der Waals surface area contributed by atoms with Crippen LogP contribution in [0.1, 0.15) is 30.1 Å². The molecule has 2 N–H and O–H groups in total. The second-order valence-electron chi connectivity index (χ2n) is 6.07. The minimum atomic E-state index is -0.430. The van der Waals surface area contributed by atoms with Crippen LogP contribution in [-0.4, -0.2) is 45.6 Å². The fraction of sp³-hybridized carbons (Fsp3) is 0.389. The molecule has 2 aromatic heterocycles. The third-order valence-corrected chi connectivity index (χ3v) is 4.24. The Bertz CT molecular complexity index is 720. The van der Waals surface area contributed by atoms with E-state index in [0.29, 0.717) is 13.1 Å². The lowest BCUT2D eigenvalue weighted by molar-refractivity contribution is -0.135. The first-order chi connectivity index (χ1) is 11.7. The predicted octanol–water partition coefficient (Wildman–Crippen LogP) is 2.23. The summed E-state index contributed by atoms with van der Waals surface area (Å²) in [6.45, 7) is 2.84. The van der Waals surface area contributed by atoms with Gasteiger partial charge in [0, 0.05) is 30.4 Å². The zero-order valence-electron chi connectivity index (χ0n) is 13.8. The number of aliphatic hydroxyl groups is 1. The zero-order chi connectivity index (χ0) is 16.9. The number of nitrogens with one attached hydrogen (secondary N) is 1. The van der Waals surface area contributed by atoms with E-state index in [2.05, 4.69) is 15.3 Å². The number of nitrogens with zero attached hydrogens (tertiary/aromatic N) is 3. The van der Waals surface area contributed by atoms with Crippen LogP contribution in [0.4, 0.5) is 11.6 Å². The van der Waals surface area contributed by atoms with Crippen LogP contribution in [0.2, 0.25) is 0 Å². The van der Waals surface area contributed by atoms with E-state index in [1.807, 2.05) is 43.3 Å². The van der Waals surface area contributed by atoms with E-state index in [0.717, 1.165) is 35.9 Å². The Kier molecular flexibility index (Phi) is 5.05. The van der Waals surface area contributed by atoms with Gasteiger partial charge in [-0.1, -0.05) is 12.1 Å². The van der Waals surface area contributed by atoms with Crippen molar-refractivity contribution in [2.45, 2.75) is 25.7 Å². The molecular formula is C18H22N4O2. The number of carbonyl (C=O) groups is 1. The normalized spacial score (nSPS) is 17.6. The molecule has 0 radical (unpaired) electrons. The highest BCUT2D eigenvalue weighted by Crippen LogP contribution is 2.27. The van der Waals surface area contributed by atoms with Crippen LogP contribution in [0.25, 0.3) is 0 Å². The largest absolute Gasteiger partial charge is 0.387 e. The zero-order valence-corrected chi connectivity index (χ0v) is 13.8. The van der Waals surface area contributed by atoms with Crippen LogP contribution in [0, 0.1) is 6.92 Å². The third kappa shape index (κ3) is 3.89. The summed E-state index contributed by atoms with van der Waals surface area (Å²) in [4.78, 5) is 22.6. The van der Waals surface area contributed by atoms with E-state index in [1.165, 1.54) is 0 Å². The van der Waals surface area contributed by atoms with Gasteiger partial charge in [0.1, 0.15) is 18.2 Å². The van der Waals surface area contributed by atoms with Crippen molar-refractivity contribution in [1.82, 2.24) is 14.9 Å². The van der Waals surface area contributed by atoms with Gasteiger partial charge < -0.3 is 15.3 Å². The second-order valence-corrected chi connectivity index (χ2v) is 6.07. The summed E-state index contributed by atoms with van der Waals surface area (Å²) in [6, 6.07) is 11.7. The number of aliphatic hydroxyl groups excluding tert-OH is 1. The number of likely N-dealkylation sites (tertiary alicyclic amines) is 1. The summed E-state index contributed by atoms with van der Waals surface area (Å²) < 4.78 is 0. The summed E-state index contributed by atoms with van der Waals surface area (Å²) >= 11 is 0. The van der Waals surface area contributed by atoms with Crippen molar-refractivity contribution in [3.8, 4) is 0 Å². The summed E-state index contributed by atoms with van der Waals surface area (Å²) in [5.41, 5.74) is 1.91. The van der Waals surface area contributed by atoms with Gasteiger partial charge in [0.15, 0.2) is 0 Å². The highest BCUT2D eigenvalue weighted by Gasteiger charge is 2.25. The first-order valence-electron chi connectivity index (χ1n) is 8.22. The quantitative estimate of drug-likeness (QED) is 0.901. The van der Waals surface area contributed by atoms with E-state index in [-0.39, 0.29) is 11.8 Å². The van der Waals surface area contributed by atoms with Crippen molar-refractivity contribution in [2.75, 3.05) is 25.0 Å². The Morgan fingerprint density at radius 3 is 2.75 bits per heavy atom. The van der Waals surface area contributed by atoms with Crippen LogP contribution in [0.15, 0.2) is 36.4 Å². The molecule has 0 bridgehead atoms. The Morgan fingerprint density at radius 2 is 2.00 bits per heavy atom. The van der Waals surface area contributed by atoms with Crippen molar-refractivity contribution in [1.29, 1.82) is 0 Å². The molecule has 1 saturated heterocycles. The minimum Gasteiger partial charge on any atom is -0.387 e. The number of hydrogen-bond acceptors (Lipinski definition) is 5. The summed E-state index contributed by atoms with van der Waals surface area (Å²) in [5.74, 6) is 1.50. The van der Waals surface area contributed by atoms with Crippen LogP contribution in [0.3, 0.4) is 0 Å². The molecule has 1 aliphatic heterocycles. The van der Waals surface area contributed by atoms with Gasteiger partial charge in [-0.25, -0.2) is 9.97 Å². The smallest absolute Gasteiger partial charge is 0.248 e. The number of anilines is 2. The molecule has 0 aromatic carbocycles. The number of hydrogen-bond donors (Lipinski definition) is 2. The van der Waals surface area contributed by atoms with Crippen molar-refractivity contribution in [3.05, 3.63) is 47.8 Å². The maximum atomic E-state index is 11.7. The lowest BCUT2D eigenvalue weighted by atomic mass is 9.94. The molecule has 1 atom stereocenters. The lowest BCUT2D eigenvalue weighted by Gasteiger charge is -2.32. The van der Waals surface area contributed by atoms with Gasteiger partial charge in [0.25, 0.3) is 0 Å². The predicted molar refractivity (Wildman–Crippen MR) is 92.1 cm³/mol. The number of aryl methyl sites for hydroxylation is 1. The van der Waals surface area contributed by atoms with Gasteiger partial charge in [-0.05, 0) is 44.0 Å². The van der Waals surface area contributed by atoms with Crippen LogP contribution in [0.5, 0.6) is 0 Å². The summed E-state index contributed by atoms with van der Waals surface area (Å²) in [7, 11) is 0. The molecule has 2 aromatic rings. The Morgan fingerprint density at radius 1 is 1.25 bits per heavy atom. The average molecular weight is 326 g/mol. The minimum absolute atomic E-state index is 0.196. The Balaban J connectivity index is 1.74. The van der Waals surface area contributed by atoms with Crippen molar-refractivity contribution in [2.24, 2.45) is 0 Å². The first kappa shape index (κ1) is 16.4. The van der Waals surface area contributed by atoms with E-state index in [1.54, 1.807) is 4.90 Å². The molecule has 6 heteroatoms. The number of carbonyl (C=O) groups excluding carboxylic acids is 1. The molecular weight excluding hydrogens is 304 g/mol. The molecule has 1 amide bonds. The molecule has 24 heavy (non-hydrogen) atoms. The van der Waals surface area contributed by atoms with Crippen LogP contribution in [-0.2, 0) is 4.79 Å². The monoisotopic (exact) mass is 326 g/mol. The van der Waals surface area contributed by atoms with Gasteiger partial charge in [0.05, 0.1) is 0 Å². The van der Waals surface area contributed by atoms with Gasteiger partial charge in [-0.15, -0.1) is 0 Å². The highest BCUT2D eigenvalue weighted by atomic mass is 16.3. The van der Waals surface area contributed by atoms with Gasteiger partial charge >= 0.3 is 0 Å². The maximum Gasteiger partial charge on any atom is 0.248 e. The second kappa shape index (κ2) is 7.40. The van der Waals surface area contributed by atoms with Crippen LogP contribution >= 0.6 is 0 Å². The van der Waals surface area contributed by atoms with E-state index in [9.17, 15) is 4.79 Å². The van der Waals surface area contributed by atoms with E-state index in [4.69, 9.17) is 5.11 Å². The number of aromatic nitrogens is 2. The molecule has 3 heterocycles. The number of rotatable bonds is 4. The fourth-order valence-electron chi connectivity index (χ4n) is 3.04. The number of amides is 1. The fourth-order valence-corrected chi connectivity index (χ4v) is 3.04. The Labute approximate surface area is 141 Å². The standard InChI is InChI=1S/C18H22N4O2/c1-13-5-2-8-16(19-13)21-17-9-3-7-15(20-17)14-6-4-10-22(11-14)18(24)12-23/h2-3,5,7-9,14,23H,4,6,10-12H2,1H3,(H,19,20,21). The van der Waals surface area contributed by atoms with Crippen LogP contribution < -0.4 is 5.32 Å². The van der Waals surface area contributed by atoms with Crippen molar-refractivity contribution >= 4 is 17.5 Å². The van der Waals surface area contributed by atoms with Crippen molar-refractivity contribution in [3.63, 3.8) is 0 Å². The van der Waals surface area contributed by atoms with Gasteiger partial charge in [-0.2, -0.15) is 0 Å². The lowest BCUT2D eigenvalue weighted by Crippen LogP contribution is -2.40. The molecule has 126 valence electrons. The molecule has 6 nitrogen and oxygen atoms in total. The van der Waals surface area contributed by atoms with E-state index >= 15 is 0 Å². The van der Waals surface area contributed by atoms with Gasteiger partial charge in [0.2, 0.25) is 5.91 Å². The third-order valence-electron chi connectivity index (χ3n) is 4.24. The van der Waals surface area contributed by atoms with Crippen molar-refractivity contribution < 1.29 is 9.90 Å². The molecule has 3 rings (SSSR count). The number of pyridine rings is 2. The molecule has 1 aliphatic rings. The highest BCUT2D eigenvalue weighted by molar-refractivity contribution is 5.77. The summed E-state index contributed by atoms with van der Waals surface area (Å²) in [6.07, 6.45) is 1.92. The van der Waals surface area contributed by atoms with E-state index < -0.39 is 6.61 Å². The molecule has 1 unspecified atom stereocenters. The molecule has 0 saturated carbocycles. The topological polar surface area (TPSA) is 78.4 Å². The average Bonchev–Trinajstić information content (AvgIpc) is 2.61. The first-order valence-corrected chi connectivity index (χ1v) is 8.22. The molecule has 1 fully saturated rings. The maximum absolute atomic E-state index is 11.7. The van der Waals surface area contributed by atoms with Gasteiger partial charge in [-0.3, -0.25) is 4.79 Å². The number of piperidine rings is 1. The SMILES string of the molecule is Cc1cccc(Nc2cccc(C3CCCN(C(=O)CO)C3)n2)n1. The molecule has 0 spiro atoms. The summed E-state index contributed by atoms with van der Waals surface area (Å²) in [5, 5.41) is 12.3. The Hall–Kier alpha value is -2.47.